The Labute approximate surface area is 137 Å². The molecule has 0 saturated carbocycles. The van der Waals surface area contributed by atoms with Gasteiger partial charge in [0, 0.05) is 37.9 Å². The SMILES string of the molecule is Cc1cc(C)c(C(=O)N2CCN(c3cccnc3)CC2)cc1C. The summed E-state index contributed by atoms with van der Waals surface area (Å²) in [6.45, 7) is 9.36. The van der Waals surface area contributed by atoms with Crippen molar-refractivity contribution in [1.82, 2.24) is 9.88 Å². The van der Waals surface area contributed by atoms with Crippen LogP contribution in [0.2, 0.25) is 0 Å². The van der Waals surface area contributed by atoms with E-state index in [-0.39, 0.29) is 5.91 Å². The number of carbonyl (C=O) groups is 1. The van der Waals surface area contributed by atoms with Crippen molar-refractivity contribution in [1.29, 1.82) is 0 Å². The minimum atomic E-state index is 0.149. The first-order valence-corrected chi connectivity index (χ1v) is 8.08. The van der Waals surface area contributed by atoms with Crippen molar-refractivity contribution in [2.45, 2.75) is 20.8 Å². The fourth-order valence-corrected chi connectivity index (χ4v) is 3.07. The van der Waals surface area contributed by atoms with Crippen LogP contribution in [0.15, 0.2) is 36.7 Å². The van der Waals surface area contributed by atoms with E-state index in [1.165, 1.54) is 11.1 Å². The predicted molar refractivity (Wildman–Crippen MR) is 93.0 cm³/mol. The Morgan fingerprint density at radius 3 is 2.35 bits per heavy atom. The Hall–Kier alpha value is -2.36. The second kappa shape index (κ2) is 6.41. The normalized spacial score (nSPS) is 14.9. The molecular formula is C19H23N3O. The van der Waals surface area contributed by atoms with Crippen molar-refractivity contribution < 1.29 is 4.79 Å². The van der Waals surface area contributed by atoms with Gasteiger partial charge in [0.1, 0.15) is 0 Å². The van der Waals surface area contributed by atoms with Crippen LogP contribution in [0.5, 0.6) is 0 Å². The van der Waals surface area contributed by atoms with Crippen LogP contribution in [-0.4, -0.2) is 42.0 Å². The smallest absolute Gasteiger partial charge is 0.254 e. The lowest BCUT2D eigenvalue weighted by atomic mass is 10.00. The topological polar surface area (TPSA) is 36.4 Å². The monoisotopic (exact) mass is 309 g/mol. The first-order valence-electron chi connectivity index (χ1n) is 8.08. The van der Waals surface area contributed by atoms with E-state index in [1.54, 1.807) is 6.20 Å². The molecule has 0 bridgehead atoms. The number of nitrogens with zero attached hydrogens (tertiary/aromatic N) is 3. The number of benzene rings is 1. The zero-order valence-corrected chi connectivity index (χ0v) is 14.0. The van der Waals surface area contributed by atoms with E-state index in [0.717, 1.165) is 43.0 Å². The lowest BCUT2D eigenvalue weighted by molar-refractivity contribution is 0.0746. The van der Waals surface area contributed by atoms with Gasteiger partial charge in [0.15, 0.2) is 0 Å². The molecule has 0 radical (unpaired) electrons. The van der Waals surface area contributed by atoms with Gasteiger partial charge >= 0.3 is 0 Å². The molecule has 1 aliphatic rings. The number of aryl methyl sites for hydroxylation is 3. The van der Waals surface area contributed by atoms with Gasteiger partial charge in [-0.3, -0.25) is 9.78 Å². The lowest BCUT2D eigenvalue weighted by Crippen LogP contribution is -2.49. The van der Waals surface area contributed by atoms with Crippen molar-refractivity contribution in [2.24, 2.45) is 0 Å². The summed E-state index contributed by atoms with van der Waals surface area (Å²) >= 11 is 0. The summed E-state index contributed by atoms with van der Waals surface area (Å²) in [6.07, 6.45) is 3.66. The molecule has 120 valence electrons. The Morgan fingerprint density at radius 2 is 1.70 bits per heavy atom. The molecule has 3 rings (SSSR count). The van der Waals surface area contributed by atoms with Gasteiger partial charge in [-0.25, -0.2) is 0 Å². The van der Waals surface area contributed by atoms with Crippen molar-refractivity contribution >= 4 is 11.6 Å². The van der Waals surface area contributed by atoms with Crippen LogP contribution < -0.4 is 4.90 Å². The summed E-state index contributed by atoms with van der Waals surface area (Å²) in [4.78, 5) is 21.2. The van der Waals surface area contributed by atoms with E-state index in [4.69, 9.17) is 0 Å². The van der Waals surface area contributed by atoms with Gasteiger partial charge in [0.2, 0.25) is 0 Å². The summed E-state index contributed by atoms with van der Waals surface area (Å²) in [7, 11) is 0. The number of aromatic nitrogens is 1. The first kappa shape index (κ1) is 15.5. The molecule has 4 nitrogen and oxygen atoms in total. The number of amides is 1. The number of piperazine rings is 1. The number of rotatable bonds is 2. The molecule has 2 aromatic rings. The van der Waals surface area contributed by atoms with Gasteiger partial charge in [-0.2, -0.15) is 0 Å². The first-order chi connectivity index (χ1) is 11.1. The van der Waals surface area contributed by atoms with E-state index in [2.05, 4.69) is 35.9 Å². The summed E-state index contributed by atoms with van der Waals surface area (Å²) < 4.78 is 0. The maximum absolute atomic E-state index is 12.8. The molecule has 1 aromatic carbocycles. The highest BCUT2D eigenvalue weighted by molar-refractivity contribution is 5.96. The average molecular weight is 309 g/mol. The van der Waals surface area contributed by atoms with Crippen LogP contribution in [0.3, 0.4) is 0 Å². The molecule has 0 atom stereocenters. The molecule has 0 N–H and O–H groups in total. The molecular weight excluding hydrogens is 286 g/mol. The van der Waals surface area contributed by atoms with Crippen molar-refractivity contribution in [3.63, 3.8) is 0 Å². The molecule has 0 aliphatic carbocycles. The molecule has 0 unspecified atom stereocenters. The van der Waals surface area contributed by atoms with Gasteiger partial charge in [-0.1, -0.05) is 6.07 Å². The Morgan fingerprint density at radius 1 is 1.00 bits per heavy atom. The number of hydrogen-bond acceptors (Lipinski definition) is 3. The fourth-order valence-electron chi connectivity index (χ4n) is 3.07. The maximum atomic E-state index is 12.8. The standard InChI is InChI=1S/C19H23N3O/c1-14-11-16(3)18(12-15(14)2)19(23)22-9-7-21(8-10-22)17-5-4-6-20-13-17/h4-6,11-13H,7-10H2,1-3H3. The molecule has 1 saturated heterocycles. The van der Waals surface area contributed by atoms with E-state index in [9.17, 15) is 4.79 Å². The summed E-state index contributed by atoms with van der Waals surface area (Å²) in [6, 6.07) is 8.15. The molecule has 2 heterocycles. The minimum absolute atomic E-state index is 0.149. The van der Waals surface area contributed by atoms with E-state index >= 15 is 0 Å². The van der Waals surface area contributed by atoms with Crippen LogP contribution >= 0.6 is 0 Å². The highest BCUT2D eigenvalue weighted by atomic mass is 16.2. The number of anilines is 1. The van der Waals surface area contributed by atoms with E-state index < -0.39 is 0 Å². The van der Waals surface area contributed by atoms with Crippen LogP contribution in [0.1, 0.15) is 27.0 Å². The molecule has 23 heavy (non-hydrogen) atoms. The highest BCUT2D eigenvalue weighted by Crippen LogP contribution is 2.19. The second-order valence-corrected chi connectivity index (χ2v) is 6.24. The van der Waals surface area contributed by atoms with Gasteiger partial charge in [-0.05, 0) is 55.7 Å². The van der Waals surface area contributed by atoms with E-state index in [0.29, 0.717) is 0 Å². The average Bonchev–Trinajstić information content (AvgIpc) is 2.58. The summed E-state index contributed by atoms with van der Waals surface area (Å²) in [5.74, 6) is 0.149. The molecule has 1 aliphatic heterocycles. The summed E-state index contributed by atoms with van der Waals surface area (Å²) in [5, 5.41) is 0. The minimum Gasteiger partial charge on any atom is -0.367 e. The van der Waals surface area contributed by atoms with Crippen molar-refractivity contribution in [3.8, 4) is 0 Å². The third-order valence-corrected chi connectivity index (χ3v) is 4.65. The molecule has 1 fully saturated rings. The third kappa shape index (κ3) is 3.21. The number of carbonyl (C=O) groups excluding carboxylic acids is 1. The van der Waals surface area contributed by atoms with Gasteiger partial charge in [0.25, 0.3) is 5.91 Å². The predicted octanol–water partition coefficient (Wildman–Crippen LogP) is 2.97. The fraction of sp³-hybridized carbons (Fsp3) is 0.368. The number of pyridine rings is 1. The molecule has 4 heteroatoms. The third-order valence-electron chi connectivity index (χ3n) is 4.65. The second-order valence-electron chi connectivity index (χ2n) is 6.24. The van der Waals surface area contributed by atoms with Crippen LogP contribution in [0.4, 0.5) is 5.69 Å². The molecule has 0 spiro atoms. The summed E-state index contributed by atoms with van der Waals surface area (Å²) in [5.41, 5.74) is 5.44. The van der Waals surface area contributed by atoms with Gasteiger partial charge in [-0.15, -0.1) is 0 Å². The zero-order valence-electron chi connectivity index (χ0n) is 14.0. The van der Waals surface area contributed by atoms with Crippen LogP contribution in [0, 0.1) is 20.8 Å². The molecule has 1 aromatic heterocycles. The zero-order chi connectivity index (χ0) is 16.4. The Balaban J connectivity index is 1.70. The van der Waals surface area contributed by atoms with Gasteiger partial charge in [0.05, 0.1) is 11.9 Å². The van der Waals surface area contributed by atoms with E-state index in [1.807, 2.05) is 30.2 Å². The van der Waals surface area contributed by atoms with Crippen molar-refractivity contribution in [3.05, 3.63) is 58.9 Å². The Kier molecular flexibility index (Phi) is 4.33. The van der Waals surface area contributed by atoms with Gasteiger partial charge < -0.3 is 9.80 Å². The van der Waals surface area contributed by atoms with Crippen LogP contribution in [-0.2, 0) is 0 Å². The maximum Gasteiger partial charge on any atom is 0.254 e. The quantitative estimate of drug-likeness (QED) is 0.856. The number of hydrogen-bond donors (Lipinski definition) is 0. The van der Waals surface area contributed by atoms with Crippen molar-refractivity contribution in [2.75, 3.05) is 31.1 Å². The lowest BCUT2D eigenvalue weighted by Gasteiger charge is -2.36. The largest absolute Gasteiger partial charge is 0.367 e. The molecule has 1 amide bonds. The highest BCUT2D eigenvalue weighted by Gasteiger charge is 2.23. The van der Waals surface area contributed by atoms with Crippen LogP contribution in [0.25, 0.3) is 0 Å². The Bertz CT molecular complexity index is 704.